The van der Waals surface area contributed by atoms with Gasteiger partial charge in [0.2, 0.25) is 0 Å². The summed E-state index contributed by atoms with van der Waals surface area (Å²) in [6, 6.07) is 0. The maximum absolute atomic E-state index is 9.25. The van der Waals surface area contributed by atoms with Gasteiger partial charge in [0.05, 0.1) is 24.9 Å². The molecule has 0 aromatic rings. The van der Waals surface area contributed by atoms with Crippen molar-refractivity contribution in [1.82, 2.24) is 15.1 Å². The Hall–Kier alpha value is -0.440. The van der Waals surface area contributed by atoms with E-state index in [0.717, 1.165) is 92.3 Å². The molecule has 4 fully saturated rings. The van der Waals surface area contributed by atoms with Gasteiger partial charge in [0.1, 0.15) is 51.5 Å². The number of hydrogen-bond acceptors (Lipinski definition) is 9. The average molecular weight is 694 g/mol. The molecule has 0 spiro atoms. The Morgan fingerprint density at radius 3 is 1.02 bits per heavy atom. The van der Waals surface area contributed by atoms with Crippen molar-refractivity contribution in [3.63, 3.8) is 0 Å². The number of nitrogens with one attached hydrogen (secondary N) is 3. The maximum Gasteiger partial charge on any atom is 0.127 e. The second-order valence-electron chi connectivity index (χ2n) is 11.9. The normalized spacial score (nSPS) is 23.7. The number of piperidine rings is 1. The SMILES string of the molecule is C.C.C.C.C.C.C.C1CCNCC1.CC(O)CN1CCN(CC(C)O)CC1.CC(O)C[NH+]1CC[NH+](CC(C)O)CC1.CC1CO1.CO. The minimum absolute atomic E-state index is 0. The van der Waals surface area contributed by atoms with Crippen LogP contribution in [0.5, 0.6) is 0 Å². The summed E-state index contributed by atoms with van der Waals surface area (Å²) in [7, 11) is 1.00. The molecule has 0 radical (unpaired) electrons. The molecule has 0 saturated carbocycles. The Labute approximate surface area is 296 Å². The number of hydrogen-bond donors (Lipinski definition) is 8. The van der Waals surface area contributed by atoms with Gasteiger partial charge in [-0.25, -0.2) is 0 Å². The Bertz CT molecular complexity index is 454. The fraction of sp³-hybridized carbons (Fsp3) is 1.00. The largest absolute Gasteiger partial charge is 0.400 e. The molecular formula is C36H95N5O6+2. The molecule has 4 heterocycles. The van der Waals surface area contributed by atoms with Gasteiger partial charge in [-0.2, -0.15) is 0 Å². The number of piperazine rings is 2. The van der Waals surface area contributed by atoms with E-state index in [1.165, 1.54) is 42.2 Å². The Morgan fingerprint density at radius 1 is 0.596 bits per heavy atom. The number of ether oxygens (including phenoxy) is 1. The van der Waals surface area contributed by atoms with Crippen molar-refractivity contribution >= 4 is 0 Å². The van der Waals surface area contributed by atoms with Gasteiger partial charge < -0.3 is 45.4 Å². The fourth-order valence-electron chi connectivity index (χ4n) is 5.00. The van der Waals surface area contributed by atoms with Crippen LogP contribution in [0.2, 0.25) is 0 Å². The molecule has 0 aromatic carbocycles. The van der Waals surface area contributed by atoms with Gasteiger partial charge >= 0.3 is 0 Å². The van der Waals surface area contributed by atoms with E-state index in [0.29, 0.717) is 6.10 Å². The number of nitrogens with zero attached hydrogens (tertiary/aromatic N) is 2. The summed E-state index contributed by atoms with van der Waals surface area (Å²) in [6.07, 6.45) is 3.94. The highest BCUT2D eigenvalue weighted by molar-refractivity contribution is 4.74. The van der Waals surface area contributed by atoms with E-state index < -0.39 is 0 Å². The van der Waals surface area contributed by atoms with Gasteiger partial charge in [-0.15, -0.1) is 0 Å². The monoisotopic (exact) mass is 694 g/mol. The summed E-state index contributed by atoms with van der Waals surface area (Å²) in [5, 5.41) is 47.2. The van der Waals surface area contributed by atoms with Crippen molar-refractivity contribution < 1.29 is 40.1 Å². The van der Waals surface area contributed by atoms with Crippen molar-refractivity contribution in [2.45, 2.75) is 136 Å². The number of quaternary nitrogens is 2. The minimum atomic E-state index is -0.238. The number of rotatable bonds is 8. The van der Waals surface area contributed by atoms with E-state index in [-0.39, 0.29) is 76.4 Å². The number of epoxide rings is 1. The molecule has 47 heavy (non-hydrogen) atoms. The highest BCUT2D eigenvalue weighted by Gasteiger charge is 2.24. The molecule has 0 aromatic heterocycles. The summed E-state index contributed by atoms with van der Waals surface area (Å²) in [5.74, 6) is 0. The number of β-amino-alcohol motifs (C(OH)–C–C–N with tert-alkyl or cyclic N) is 2. The van der Waals surface area contributed by atoms with Crippen LogP contribution in [0.25, 0.3) is 0 Å². The van der Waals surface area contributed by atoms with Crippen LogP contribution < -0.4 is 15.1 Å². The van der Waals surface area contributed by atoms with Crippen LogP contribution in [0, 0.1) is 0 Å². The summed E-state index contributed by atoms with van der Waals surface area (Å²) in [5.41, 5.74) is 0. The van der Waals surface area contributed by atoms with Gasteiger partial charge in [0.15, 0.2) is 0 Å². The molecule has 8 N–H and O–H groups in total. The molecule has 4 saturated heterocycles. The van der Waals surface area contributed by atoms with Crippen molar-refractivity contribution in [1.29, 1.82) is 0 Å². The third-order valence-corrected chi connectivity index (χ3v) is 7.05. The number of aliphatic hydroxyl groups excluding tert-OH is 5. The smallest absolute Gasteiger partial charge is 0.127 e. The first-order chi connectivity index (χ1) is 19.0. The first-order valence-electron chi connectivity index (χ1n) is 15.7. The lowest BCUT2D eigenvalue weighted by Crippen LogP contribution is -3.28. The maximum atomic E-state index is 9.25. The second kappa shape index (κ2) is 41.7. The van der Waals surface area contributed by atoms with E-state index in [1.54, 1.807) is 0 Å². The molecular weight excluding hydrogens is 598 g/mol. The molecule has 0 bridgehead atoms. The van der Waals surface area contributed by atoms with Crippen LogP contribution in [0.4, 0.5) is 0 Å². The molecule has 4 aliphatic rings. The van der Waals surface area contributed by atoms with E-state index in [9.17, 15) is 20.4 Å². The third-order valence-electron chi connectivity index (χ3n) is 7.05. The summed E-state index contributed by atoms with van der Waals surface area (Å²) < 4.78 is 4.71. The Balaban J connectivity index is -0.0000000722. The van der Waals surface area contributed by atoms with E-state index in [4.69, 9.17) is 9.84 Å². The molecule has 11 heteroatoms. The lowest BCUT2D eigenvalue weighted by molar-refractivity contribution is -1.01. The van der Waals surface area contributed by atoms with Crippen LogP contribution in [-0.2, 0) is 4.74 Å². The third kappa shape index (κ3) is 43.5. The van der Waals surface area contributed by atoms with Crippen molar-refractivity contribution in [3.05, 3.63) is 0 Å². The minimum Gasteiger partial charge on any atom is -0.400 e. The fourth-order valence-corrected chi connectivity index (χ4v) is 5.00. The van der Waals surface area contributed by atoms with Gasteiger partial charge in [-0.05, 0) is 60.5 Å². The highest BCUT2D eigenvalue weighted by Crippen LogP contribution is 2.04. The summed E-state index contributed by atoms with van der Waals surface area (Å²) in [6.45, 7) is 24.6. The van der Waals surface area contributed by atoms with Crippen molar-refractivity contribution in [3.8, 4) is 0 Å². The molecule has 5 unspecified atom stereocenters. The first-order valence-corrected chi connectivity index (χ1v) is 15.7. The Morgan fingerprint density at radius 2 is 0.872 bits per heavy atom. The highest BCUT2D eigenvalue weighted by atomic mass is 16.6. The van der Waals surface area contributed by atoms with Crippen LogP contribution >= 0.6 is 0 Å². The van der Waals surface area contributed by atoms with Crippen LogP contribution in [0.3, 0.4) is 0 Å². The predicted molar refractivity (Wildman–Crippen MR) is 208 cm³/mol. The summed E-state index contributed by atoms with van der Waals surface area (Å²) >= 11 is 0. The summed E-state index contributed by atoms with van der Waals surface area (Å²) in [4.78, 5) is 7.52. The molecule has 0 aliphatic carbocycles. The topological polar surface area (TPSA) is 141 Å². The first kappa shape index (κ1) is 65.0. The van der Waals surface area contributed by atoms with Gasteiger partial charge in [0, 0.05) is 46.4 Å². The molecule has 4 aliphatic heterocycles. The molecule has 5 atom stereocenters. The van der Waals surface area contributed by atoms with Gasteiger partial charge in [-0.1, -0.05) is 58.4 Å². The molecule has 11 nitrogen and oxygen atoms in total. The van der Waals surface area contributed by atoms with Gasteiger partial charge in [-0.3, -0.25) is 9.80 Å². The number of aliphatic hydroxyl groups is 5. The average Bonchev–Trinajstić information content (AvgIpc) is 3.70. The van der Waals surface area contributed by atoms with Crippen LogP contribution in [-0.4, -0.2) is 171 Å². The zero-order valence-electron chi connectivity index (χ0n) is 26.7. The predicted octanol–water partition coefficient (Wildman–Crippen LogP) is 1.12. The zero-order valence-corrected chi connectivity index (χ0v) is 26.7. The van der Waals surface area contributed by atoms with Crippen molar-refractivity contribution in [2.75, 3.05) is 105 Å². The molecule has 298 valence electrons. The standard InChI is InChI=1S/2C10H22N2O2.C5H11N.C3H6O.CH4O.7CH4/c2*1-9(13)7-11-3-5-12(6-4-11)8-10(2)14;1-2-4-6-5-3-1;1-3-2-4-3;1-2;;;;;;;/h2*9-10,13-14H,3-8H2,1-2H3;6H,1-5H2;3H,2H2,1H3;2H,1H3;7*1H4/p+2. The van der Waals surface area contributed by atoms with Crippen LogP contribution in [0.1, 0.15) is 106 Å². The molecule has 4 rings (SSSR count). The van der Waals surface area contributed by atoms with Crippen LogP contribution in [0.15, 0.2) is 0 Å². The lowest BCUT2D eigenvalue weighted by Gasteiger charge is -2.35. The Kier molecular flexibility index (Phi) is 57.7. The van der Waals surface area contributed by atoms with Gasteiger partial charge in [0.25, 0.3) is 0 Å². The van der Waals surface area contributed by atoms with E-state index in [2.05, 4.69) is 22.0 Å². The molecule has 0 amide bonds. The zero-order chi connectivity index (χ0) is 30.3. The van der Waals surface area contributed by atoms with E-state index >= 15 is 0 Å². The lowest BCUT2D eigenvalue weighted by atomic mass is 10.2. The van der Waals surface area contributed by atoms with Crippen molar-refractivity contribution in [2.24, 2.45) is 0 Å². The second-order valence-corrected chi connectivity index (χ2v) is 11.9. The van der Waals surface area contributed by atoms with E-state index in [1.807, 2.05) is 27.7 Å². The quantitative estimate of drug-likeness (QED) is 0.176.